The number of carboxylic acids is 1. The molecule has 0 fully saturated rings. The largest absolute Gasteiger partial charge is 0.480 e. The highest BCUT2D eigenvalue weighted by Gasteiger charge is 2.22. The fourth-order valence-electron chi connectivity index (χ4n) is 1.95. The van der Waals surface area contributed by atoms with Gasteiger partial charge in [0.25, 0.3) is 5.91 Å². The molecule has 0 unspecified atom stereocenters. The SMILES string of the molecule is Cc1nc(-c2c[nH]c(C(=O)N(CC(=O)O)C(C)C)c2)cs1. The van der Waals surface area contributed by atoms with Gasteiger partial charge >= 0.3 is 5.97 Å². The number of amides is 1. The molecule has 112 valence electrons. The number of hydrogen-bond acceptors (Lipinski definition) is 4. The number of aromatic amines is 1. The predicted octanol–water partition coefficient (Wildman–Crippen LogP) is 2.38. The summed E-state index contributed by atoms with van der Waals surface area (Å²) in [4.78, 5) is 31.8. The molecule has 7 heteroatoms. The van der Waals surface area contributed by atoms with Crippen molar-refractivity contribution in [2.24, 2.45) is 0 Å². The van der Waals surface area contributed by atoms with Crippen LogP contribution in [0.1, 0.15) is 29.3 Å². The van der Waals surface area contributed by atoms with Crippen molar-refractivity contribution in [3.63, 3.8) is 0 Å². The smallest absolute Gasteiger partial charge is 0.323 e. The Bertz CT molecular complexity index is 660. The van der Waals surface area contributed by atoms with E-state index in [1.54, 1.807) is 26.1 Å². The number of nitrogens with zero attached hydrogens (tertiary/aromatic N) is 2. The van der Waals surface area contributed by atoms with E-state index in [0.717, 1.165) is 16.3 Å². The first-order chi connectivity index (χ1) is 9.88. The molecule has 6 nitrogen and oxygen atoms in total. The van der Waals surface area contributed by atoms with Crippen LogP contribution in [0.4, 0.5) is 0 Å². The molecule has 21 heavy (non-hydrogen) atoms. The van der Waals surface area contributed by atoms with Crippen LogP contribution >= 0.6 is 11.3 Å². The summed E-state index contributed by atoms with van der Waals surface area (Å²) in [5, 5.41) is 11.8. The highest BCUT2D eigenvalue weighted by atomic mass is 32.1. The number of H-pyrrole nitrogens is 1. The van der Waals surface area contributed by atoms with Gasteiger partial charge in [0.15, 0.2) is 0 Å². The third-order valence-corrected chi connectivity index (χ3v) is 3.79. The number of nitrogens with one attached hydrogen (secondary N) is 1. The maximum Gasteiger partial charge on any atom is 0.323 e. The van der Waals surface area contributed by atoms with Crippen LogP contribution in [-0.4, -0.2) is 44.4 Å². The Hall–Kier alpha value is -2.15. The van der Waals surface area contributed by atoms with E-state index in [-0.39, 0.29) is 18.5 Å². The molecule has 0 aliphatic carbocycles. The fourth-order valence-corrected chi connectivity index (χ4v) is 2.57. The van der Waals surface area contributed by atoms with Gasteiger partial charge in [0.1, 0.15) is 12.2 Å². The second-order valence-corrected chi connectivity index (χ2v) is 6.04. The van der Waals surface area contributed by atoms with Crippen LogP contribution in [0, 0.1) is 6.92 Å². The molecule has 0 radical (unpaired) electrons. The van der Waals surface area contributed by atoms with Crippen LogP contribution in [0.15, 0.2) is 17.6 Å². The lowest BCUT2D eigenvalue weighted by molar-refractivity contribution is -0.138. The van der Waals surface area contributed by atoms with E-state index < -0.39 is 5.97 Å². The molecule has 0 saturated heterocycles. The molecule has 0 aliphatic heterocycles. The molecule has 2 aromatic heterocycles. The number of carbonyl (C=O) groups is 2. The van der Waals surface area contributed by atoms with E-state index in [1.807, 2.05) is 12.3 Å². The molecule has 1 amide bonds. The lowest BCUT2D eigenvalue weighted by atomic mass is 10.2. The number of carboxylic acid groups (broad SMARTS) is 1. The third kappa shape index (κ3) is 3.49. The molecule has 0 atom stereocenters. The first kappa shape index (κ1) is 15.2. The molecule has 0 aliphatic rings. The Labute approximate surface area is 126 Å². The first-order valence-corrected chi connectivity index (χ1v) is 7.40. The van der Waals surface area contributed by atoms with Crippen LogP contribution in [0.2, 0.25) is 0 Å². The topological polar surface area (TPSA) is 86.3 Å². The normalized spacial score (nSPS) is 10.9. The van der Waals surface area contributed by atoms with Crippen LogP contribution in [0.5, 0.6) is 0 Å². The zero-order valence-corrected chi connectivity index (χ0v) is 12.9. The molecule has 2 N–H and O–H groups in total. The van der Waals surface area contributed by atoms with Crippen molar-refractivity contribution in [1.82, 2.24) is 14.9 Å². The lowest BCUT2D eigenvalue weighted by Crippen LogP contribution is -2.40. The molecular weight excluding hydrogens is 290 g/mol. The predicted molar refractivity (Wildman–Crippen MR) is 80.4 cm³/mol. The second kappa shape index (κ2) is 6.09. The van der Waals surface area contributed by atoms with Gasteiger partial charge in [-0.15, -0.1) is 11.3 Å². The van der Waals surface area contributed by atoms with Crippen molar-refractivity contribution < 1.29 is 14.7 Å². The van der Waals surface area contributed by atoms with Crippen molar-refractivity contribution in [1.29, 1.82) is 0 Å². The summed E-state index contributed by atoms with van der Waals surface area (Å²) in [5.41, 5.74) is 1.99. The number of thiazole rings is 1. The van der Waals surface area contributed by atoms with Crippen LogP contribution < -0.4 is 0 Å². The molecule has 0 saturated carbocycles. The molecule has 2 rings (SSSR count). The zero-order chi connectivity index (χ0) is 15.6. The quantitative estimate of drug-likeness (QED) is 0.888. The molecule has 0 aromatic carbocycles. The second-order valence-electron chi connectivity index (χ2n) is 4.97. The zero-order valence-electron chi connectivity index (χ0n) is 12.1. The van der Waals surface area contributed by atoms with Crippen molar-refractivity contribution in [2.45, 2.75) is 26.8 Å². The minimum Gasteiger partial charge on any atom is -0.480 e. The Morgan fingerprint density at radius 1 is 1.48 bits per heavy atom. The van der Waals surface area contributed by atoms with Gasteiger partial charge in [-0.2, -0.15) is 0 Å². The summed E-state index contributed by atoms with van der Waals surface area (Å²) >= 11 is 1.54. The molecule has 0 bridgehead atoms. The highest BCUT2D eigenvalue weighted by Crippen LogP contribution is 2.23. The minimum absolute atomic E-state index is 0.193. The summed E-state index contributed by atoms with van der Waals surface area (Å²) in [6.07, 6.45) is 1.71. The molecule has 0 spiro atoms. The first-order valence-electron chi connectivity index (χ1n) is 6.52. The lowest BCUT2D eigenvalue weighted by Gasteiger charge is -2.24. The average molecular weight is 307 g/mol. The summed E-state index contributed by atoms with van der Waals surface area (Å²) in [7, 11) is 0. The van der Waals surface area contributed by atoms with Crippen molar-refractivity contribution in [3.05, 3.63) is 28.3 Å². The van der Waals surface area contributed by atoms with Crippen molar-refractivity contribution in [3.8, 4) is 11.3 Å². The average Bonchev–Trinajstić information content (AvgIpc) is 3.03. The van der Waals surface area contributed by atoms with Crippen molar-refractivity contribution in [2.75, 3.05) is 6.54 Å². The fraction of sp³-hybridized carbons (Fsp3) is 0.357. The van der Waals surface area contributed by atoms with Gasteiger partial charge in [0.2, 0.25) is 0 Å². The van der Waals surface area contributed by atoms with Crippen LogP contribution in [0.3, 0.4) is 0 Å². The van der Waals surface area contributed by atoms with Gasteiger partial charge in [0.05, 0.1) is 10.7 Å². The van der Waals surface area contributed by atoms with E-state index in [4.69, 9.17) is 5.11 Å². The third-order valence-electron chi connectivity index (χ3n) is 3.02. The van der Waals surface area contributed by atoms with Crippen LogP contribution in [0.25, 0.3) is 11.3 Å². The standard InChI is InChI=1S/C14H17N3O3S/c1-8(2)17(6-13(18)19)14(20)11-4-10(5-15-11)12-7-21-9(3)16-12/h4-5,7-8,15H,6H2,1-3H3,(H,18,19). The number of aryl methyl sites for hydroxylation is 1. The Morgan fingerprint density at radius 3 is 2.71 bits per heavy atom. The van der Waals surface area contributed by atoms with Gasteiger partial charge in [-0.3, -0.25) is 9.59 Å². The Morgan fingerprint density at radius 2 is 2.19 bits per heavy atom. The van der Waals surface area contributed by atoms with Crippen molar-refractivity contribution >= 4 is 23.2 Å². The number of aromatic nitrogens is 2. The maximum absolute atomic E-state index is 12.4. The van der Waals surface area contributed by atoms with E-state index in [0.29, 0.717) is 5.69 Å². The van der Waals surface area contributed by atoms with Crippen LogP contribution in [-0.2, 0) is 4.79 Å². The van der Waals surface area contributed by atoms with Gasteiger partial charge in [-0.1, -0.05) is 0 Å². The van der Waals surface area contributed by atoms with Gasteiger partial charge in [0, 0.05) is 23.2 Å². The maximum atomic E-state index is 12.4. The minimum atomic E-state index is -1.03. The summed E-state index contributed by atoms with van der Waals surface area (Å²) in [5.74, 6) is -1.36. The van der Waals surface area contributed by atoms with Gasteiger partial charge in [-0.25, -0.2) is 4.98 Å². The number of hydrogen-bond donors (Lipinski definition) is 2. The molecule has 2 heterocycles. The van der Waals surface area contributed by atoms with E-state index in [9.17, 15) is 9.59 Å². The van der Waals surface area contributed by atoms with Gasteiger partial charge in [-0.05, 0) is 26.8 Å². The van der Waals surface area contributed by atoms with E-state index >= 15 is 0 Å². The number of aliphatic carboxylic acids is 1. The summed E-state index contributed by atoms with van der Waals surface area (Å²) in [6, 6.07) is 1.51. The number of carbonyl (C=O) groups excluding carboxylic acids is 1. The van der Waals surface area contributed by atoms with E-state index in [1.165, 1.54) is 16.2 Å². The molecular formula is C14H17N3O3S. The number of rotatable bonds is 5. The Kier molecular flexibility index (Phi) is 4.42. The Balaban J connectivity index is 2.23. The highest BCUT2D eigenvalue weighted by molar-refractivity contribution is 7.09. The van der Waals surface area contributed by atoms with E-state index in [2.05, 4.69) is 9.97 Å². The van der Waals surface area contributed by atoms with Gasteiger partial charge < -0.3 is 15.0 Å². The molecule has 2 aromatic rings. The summed E-state index contributed by atoms with van der Waals surface area (Å²) in [6.45, 7) is 5.17. The monoisotopic (exact) mass is 307 g/mol. The summed E-state index contributed by atoms with van der Waals surface area (Å²) < 4.78 is 0.